The zero-order valence-electron chi connectivity index (χ0n) is 15.3. The van der Waals surface area contributed by atoms with Crippen LogP contribution >= 0.6 is 11.6 Å². The molecule has 4 rings (SSSR count). The van der Waals surface area contributed by atoms with Gasteiger partial charge in [0.15, 0.2) is 0 Å². The monoisotopic (exact) mass is 397 g/mol. The van der Waals surface area contributed by atoms with Crippen molar-refractivity contribution in [2.45, 2.75) is 25.5 Å². The lowest BCUT2D eigenvalue weighted by molar-refractivity contribution is 0.0504. The smallest absolute Gasteiger partial charge is 0.349 e. The summed E-state index contributed by atoms with van der Waals surface area (Å²) in [6, 6.07) is 16.1. The van der Waals surface area contributed by atoms with E-state index < -0.39 is 5.63 Å². The minimum absolute atomic E-state index is 0.0174. The highest BCUT2D eigenvalue weighted by Gasteiger charge is 2.26. The number of rotatable bonds is 5. The van der Waals surface area contributed by atoms with Gasteiger partial charge in [-0.2, -0.15) is 0 Å². The van der Waals surface area contributed by atoms with Crippen molar-refractivity contribution in [3.05, 3.63) is 81.2 Å². The summed E-state index contributed by atoms with van der Waals surface area (Å²) in [5.41, 5.74) is 0.658. The van der Waals surface area contributed by atoms with Crippen molar-refractivity contribution in [1.82, 2.24) is 4.90 Å². The molecule has 5 nitrogen and oxygen atoms in total. The fourth-order valence-corrected chi connectivity index (χ4v) is 3.66. The van der Waals surface area contributed by atoms with Crippen molar-refractivity contribution >= 4 is 28.5 Å². The molecule has 1 atom stereocenters. The van der Waals surface area contributed by atoms with Gasteiger partial charge in [0.25, 0.3) is 5.91 Å². The first-order chi connectivity index (χ1) is 13.6. The molecule has 0 unspecified atom stereocenters. The largest absolute Gasteiger partial charge is 0.422 e. The number of hydrogen-bond donors (Lipinski definition) is 0. The van der Waals surface area contributed by atoms with E-state index in [2.05, 4.69) is 0 Å². The molecule has 0 saturated carbocycles. The summed E-state index contributed by atoms with van der Waals surface area (Å²) >= 11 is 6.30. The number of carbonyl (C=O) groups is 1. The lowest BCUT2D eigenvalue weighted by Crippen LogP contribution is -2.39. The van der Waals surface area contributed by atoms with Gasteiger partial charge in [-0.25, -0.2) is 4.79 Å². The first-order valence-electron chi connectivity index (χ1n) is 9.29. The molecule has 1 fully saturated rings. The van der Waals surface area contributed by atoms with Gasteiger partial charge in [-0.15, -0.1) is 0 Å². The molecule has 1 aliphatic heterocycles. The minimum atomic E-state index is -0.639. The summed E-state index contributed by atoms with van der Waals surface area (Å²) in [5, 5.41) is 1.29. The predicted octanol–water partition coefficient (Wildman–Crippen LogP) is 4.27. The van der Waals surface area contributed by atoms with Crippen molar-refractivity contribution < 1.29 is 13.9 Å². The average molecular weight is 398 g/mol. The van der Waals surface area contributed by atoms with Gasteiger partial charge in [0.2, 0.25) is 0 Å². The second-order valence-corrected chi connectivity index (χ2v) is 7.30. The Labute approximate surface area is 167 Å². The molecule has 2 heterocycles. The number of amides is 1. The van der Waals surface area contributed by atoms with Crippen LogP contribution in [0.3, 0.4) is 0 Å². The summed E-state index contributed by atoms with van der Waals surface area (Å²) in [5.74, 6) is -0.380. The molecule has 1 amide bonds. The molecule has 0 aliphatic carbocycles. The highest BCUT2D eigenvalue weighted by Crippen LogP contribution is 2.21. The van der Waals surface area contributed by atoms with Crippen LogP contribution in [0.5, 0.6) is 0 Å². The van der Waals surface area contributed by atoms with Crippen molar-refractivity contribution in [2.75, 3.05) is 13.2 Å². The van der Waals surface area contributed by atoms with E-state index in [-0.39, 0.29) is 17.6 Å². The summed E-state index contributed by atoms with van der Waals surface area (Å²) in [6.07, 6.45) is 1.81. The fraction of sp³-hybridized carbons (Fsp3) is 0.273. The van der Waals surface area contributed by atoms with Crippen LogP contribution in [0, 0.1) is 0 Å². The van der Waals surface area contributed by atoms with E-state index >= 15 is 0 Å². The van der Waals surface area contributed by atoms with E-state index in [0.717, 1.165) is 18.4 Å². The van der Waals surface area contributed by atoms with Gasteiger partial charge in [0.1, 0.15) is 11.1 Å². The molecule has 1 aromatic heterocycles. The summed E-state index contributed by atoms with van der Waals surface area (Å²) in [7, 11) is 0. The van der Waals surface area contributed by atoms with Crippen LogP contribution in [0.2, 0.25) is 5.02 Å². The molecular weight excluding hydrogens is 378 g/mol. The van der Waals surface area contributed by atoms with Crippen molar-refractivity contribution in [3.63, 3.8) is 0 Å². The zero-order chi connectivity index (χ0) is 19.5. The summed E-state index contributed by atoms with van der Waals surface area (Å²) in [4.78, 5) is 27.4. The van der Waals surface area contributed by atoms with E-state index in [0.29, 0.717) is 35.7 Å². The van der Waals surface area contributed by atoms with Gasteiger partial charge in [-0.3, -0.25) is 4.79 Å². The molecule has 3 aromatic rings. The molecule has 0 N–H and O–H groups in total. The highest BCUT2D eigenvalue weighted by atomic mass is 35.5. The van der Waals surface area contributed by atoms with Gasteiger partial charge in [0.05, 0.1) is 6.10 Å². The molecule has 0 spiro atoms. The molecule has 2 aromatic carbocycles. The third-order valence-corrected chi connectivity index (χ3v) is 5.29. The minimum Gasteiger partial charge on any atom is -0.422 e. The molecule has 1 aliphatic rings. The fourth-order valence-electron chi connectivity index (χ4n) is 3.47. The van der Waals surface area contributed by atoms with Gasteiger partial charge in [-0.05, 0) is 36.6 Å². The van der Waals surface area contributed by atoms with Crippen molar-refractivity contribution in [3.8, 4) is 0 Å². The van der Waals surface area contributed by atoms with Crippen LogP contribution in [0.25, 0.3) is 11.0 Å². The summed E-state index contributed by atoms with van der Waals surface area (Å²) in [6.45, 7) is 1.39. The van der Waals surface area contributed by atoms with Crippen LogP contribution in [0.15, 0.2) is 63.8 Å². The number of nitrogens with zero attached hydrogens (tertiary/aromatic N) is 1. The normalized spacial score (nSPS) is 16.4. The highest BCUT2D eigenvalue weighted by molar-refractivity contribution is 6.31. The molecule has 144 valence electrons. The number of hydrogen-bond acceptors (Lipinski definition) is 4. The van der Waals surface area contributed by atoms with Crippen molar-refractivity contribution in [1.29, 1.82) is 0 Å². The molecule has 6 heteroatoms. The Bertz CT molecular complexity index is 1060. The maximum absolute atomic E-state index is 13.3. The second-order valence-electron chi connectivity index (χ2n) is 6.90. The van der Waals surface area contributed by atoms with Gasteiger partial charge in [-0.1, -0.05) is 48.0 Å². The number of halogens is 1. The maximum Gasteiger partial charge on any atom is 0.349 e. The Morgan fingerprint density at radius 3 is 2.71 bits per heavy atom. The van der Waals surface area contributed by atoms with E-state index in [4.69, 9.17) is 20.8 Å². The zero-order valence-corrected chi connectivity index (χ0v) is 16.0. The summed E-state index contributed by atoms with van der Waals surface area (Å²) < 4.78 is 11.1. The SMILES string of the molecule is O=C(c1cc2ccccc2oc1=O)N(Cc1ccccc1Cl)C[C@@H]1CCCO1. The third kappa shape index (κ3) is 3.96. The Morgan fingerprint density at radius 1 is 1.14 bits per heavy atom. The molecule has 0 radical (unpaired) electrons. The average Bonchev–Trinajstić information content (AvgIpc) is 3.21. The van der Waals surface area contributed by atoms with Crippen LogP contribution in [0.4, 0.5) is 0 Å². The van der Waals surface area contributed by atoms with Crippen LogP contribution < -0.4 is 5.63 Å². The van der Waals surface area contributed by atoms with E-state index in [1.807, 2.05) is 30.3 Å². The predicted molar refractivity (Wildman–Crippen MR) is 108 cm³/mol. The third-order valence-electron chi connectivity index (χ3n) is 4.93. The number of carbonyl (C=O) groups excluding carboxylic acids is 1. The second kappa shape index (κ2) is 8.17. The van der Waals surface area contributed by atoms with Crippen molar-refractivity contribution in [2.24, 2.45) is 0 Å². The number of ether oxygens (including phenoxy) is 1. The van der Waals surface area contributed by atoms with E-state index in [9.17, 15) is 9.59 Å². The molecule has 1 saturated heterocycles. The van der Waals surface area contributed by atoms with E-state index in [1.54, 1.807) is 29.2 Å². The first-order valence-corrected chi connectivity index (χ1v) is 9.67. The van der Waals surface area contributed by atoms with Crippen LogP contribution in [-0.4, -0.2) is 30.1 Å². The van der Waals surface area contributed by atoms with Gasteiger partial charge < -0.3 is 14.1 Å². The standard InChI is InChI=1S/C22H20ClNO4/c23-19-9-3-1-7-16(19)13-24(14-17-8-5-11-27-17)21(25)18-12-15-6-2-4-10-20(15)28-22(18)26/h1-4,6-7,9-10,12,17H,5,8,11,13-14H2/t17-/m0/s1. The topological polar surface area (TPSA) is 59.8 Å². The lowest BCUT2D eigenvalue weighted by atomic mass is 10.1. The lowest BCUT2D eigenvalue weighted by Gasteiger charge is -2.25. The molecule has 28 heavy (non-hydrogen) atoms. The maximum atomic E-state index is 13.3. The number of para-hydroxylation sites is 1. The van der Waals surface area contributed by atoms with Gasteiger partial charge >= 0.3 is 5.63 Å². The number of fused-ring (bicyclic) bond motifs is 1. The number of benzene rings is 2. The Kier molecular flexibility index (Phi) is 5.46. The van der Waals surface area contributed by atoms with Crippen LogP contribution in [-0.2, 0) is 11.3 Å². The Morgan fingerprint density at radius 2 is 1.93 bits per heavy atom. The Balaban J connectivity index is 1.68. The Hall–Kier alpha value is -2.63. The molecular formula is C22H20ClNO4. The quantitative estimate of drug-likeness (QED) is 0.603. The van der Waals surface area contributed by atoms with E-state index in [1.165, 1.54) is 0 Å². The molecule has 0 bridgehead atoms. The van der Waals surface area contributed by atoms with Crippen LogP contribution in [0.1, 0.15) is 28.8 Å². The first kappa shape index (κ1) is 18.7. The van der Waals surface area contributed by atoms with Gasteiger partial charge in [0, 0.05) is 30.1 Å².